The molecule has 1 aliphatic carbocycles. The van der Waals surface area contributed by atoms with Crippen LogP contribution in [0.5, 0.6) is 0 Å². The van der Waals surface area contributed by atoms with Gasteiger partial charge in [-0.25, -0.2) is 0 Å². The van der Waals surface area contributed by atoms with Crippen molar-refractivity contribution in [3.8, 4) is 0 Å². The predicted molar refractivity (Wildman–Crippen MR) is 79.7 cm³/mol. The van der Waals surface area contributed by atoms with E-state index in [4.69, 9.17) is 5.73 Å². The number of likely N-dealkylation sites (N-methyl/N-ethyl adjacent to an activating group) is 1. The fourth-order valence-electron chi connectivity index (χ4n) is 3.29. The molecule has 1 fully saturated rings. The second-order valence-corrected chi connectivity index (χ2v) is 5.99. The summed E-state index contributed by atoms with van der Waals surface area (Å²) in [5, 5.41) is 0. The molecule has 3 nitrogen and oxygen atoms in total. The van der Waals surface area contributed by atoms with Crippen molar-refractivity contribution in [3.63, 3.8) is 0 Å². The zero-order valence-electron chi connectivity index (χ0n) is 12.3. The minimum atomic E-state index is 0.203. The molecule has 1 aromatic heterocycles. The molecule has 1 aromatic rings. The summed E-state index contributed by atoms with van der Waals surface area (Å²) < 4.78 is 0. The average Bonchev–Trinajstić information content (AvgIpc) is 2.48. The normalized spacial score (nSPS) is 27.7. The highest BCUT2D eigenvalue weighted by Gasteiger charge is 2.36. The Bertz CT molecular complexity index is 369. The van der Waals surface area contributed by atoms with E-state index in [9.17, 15) is 0 Å². The number of nitrogens with zero attached hydrogens (tertiary/aromatic N) is 2. The Hall–Kier alpha value is -0.930. The molecule has 0 aromatic carbocycles. The summed E-state index contributed by atoms with van der Waals surface area (Å²) in [6.45, 7) is 4.04. The van der Waals surface area contributed by atoms with Gasteiger partial charge in [-0.2, -0.15) is 0 Å². The van der Waals surface area contributed by atoms with E-state index in [1.807, 2.05) is 12.4 Å². The molecule has 1 aliphatic rings. The lowest BCUT2D eigenvalue weighted by Gasteiger charge is -2.46. The zero-order valence-corrected chi connectivity index (χ0v) is 12.3. The molecule has 3 heteroatoms. The molecule has 19 heavy (non-hydrogen) atoms. The Morgan fingerprint density at radius 3 is 2.47 bits per heavy atom. The fourth-order valence-corrected chi connectivity index (χ4v) is 3.29. The smallest absolute Gasteiger partial charge is 0.0332 e. The van der Waals surface area contributed by atoms with Gasteiger partial charge in [-0.05, 0) is 56.3 Å². The second-order valence-electron chi connectivity index (χ2n) is 5.99. The SMILES string of the molecule is CCC1CCC(CN)(N(C)Cc2ccncc2)CC1. The molecular weight excluding hydrogens is 234 g/mol. The number of pyridine rings is 1. The van der Waals surface area contributed by atoms with Gasteiger partial charge in [0.1, 0.15) is 0 Å². The maximum absolute atomic E-state index is 6.13. The number of hydrogen-bond acceptors (Lipinski definition) is 3. The van der Waals surface area contributed by atoms with Gasteiger partial charge in [-0.1, -0.05) is 13.3 Å². The first-order valence-corrected chi connectivity index (χ1v) is 7.50. The van der Waals surface area contributed by atoms with Crippen LogP contribution in [-0.2, 0) is 6.54 Å². The molecular formula is C16H27N3. The van der Waals surface area contributed by atoms with E-state index in [1.165, 1.54) is 37.7 Å². The summed E-state index contributed by atoms with van der Waals surface area (Å²) in [4.78, 5) is 6.55. The third kappa shape index (κ3) is 3.34. The first-order valence-electron chi connectivity index (χ1n) is 7.50. The van der Waals surface area contributed by atoms with Gasteiger partial charge in [0, 0.05) is 31.0 Å². The van der Waals surface area contributed by atoms with E-state index in [0.717, 1.165) is 19.0 Å². The monoisotopic (exact) mass is 261 g/mol. The lowest BCUT2D eigenvalue weighted by atomic mass is 9.74. The third-order valence-corrected chi connectivity index (χ3v) is 4.97. The standard InChI is InChI=1S/C16H27N3/c1-3-14-4-8-16(13-17,9-5-14)19(2)12-15-6-10-18-11-7-15/h6-7,10-11,14H,3-5,8-9,12-13,17H2,1-2H3. The van der Waals surface area contributed by atoms with Gasteiger partial charge in [-0.15, -0.1) is 0 Å². The molecule has 0 unspecified atom stereocenters. The van der Waals surface area contributed by atoms with Gasteiger partial charge in [0.25, 0.3) is 0 Å². The molecule has 2 rings (SSSR count). The third-order valence-electron chi connectivity index (χ3n) is 4.97. The minimum absolute atomic E-state index is 0.203. The van der Waals surface area contributed by atoms with E-state index in [1.54, 1.807) is 0 Å². The van der Waals surface area contributed by atoms with Crippen molar-refractivity contribution < 1.29 is 0 Å². The topological polar surface area (TPSA) is 42.1 Å². The lowest BCUT2D eigenvalue weighted by molar-refractivity contribution is 0.0579. The van der Waals surface area contributed by atoms with Gasteiger partial charge in [0.2, 0.25) is 0 Å². The quantitative estimate of drug-likeness (QED) is 0.886. The molecule has 106 valence electrons. The Labute approximate surface area is 117 Å². The van der Waals surface area contributed by atoms with Gasteiger partial charge in [-0.3, -0.25) is 9.88 Å². The van der Waals surface area contributed by atoms with Crippen LogP contribution in [-0.4, -0.2) is 29.0 Å². The van der Waals surface area contributed by atoms with Crippen LogP contribution in [0.3, 0.4) is 0 Å². The van der Waals surface area contributed by atoms with Crippen LogP contribution < -0.4 is 5.73 Å². The van der Waals surface area contributed by atoms with E-state index in [-0.39, 0.29) is 5.54 Å². The van der Waals surface area contributed by atoms with Gasteiger partial charge >= 0.3 is 0 Å². The van der Waals surface area contributed by atoms with E-state index < -0.39 is 0 Å². The first-order chi connectivity index (χ1) is 9.20. The highest BCUT2D eigenvalue weighted by molar-refractivity contribution is 5.10. The van der Waals surface area contributed by atoms with Gasteiger partial charge in [0.05, 0.1) is 0 Å². The fraction of sp³-hybridized carbons (Fsp3) is 0.688. The summed E-state index contributed by atoms with van der Waals surface area (Å²) in [6.07, 6.45) is 10.2. The van der Waals surface area contributed by atoms with E-state index in [0.29, 0.717) is 0 Å². The predicted octanol–water partition coefficient (Wildman–Crippen LogP) is 2.81. The molecule has 1 heterocycles. The molecule has 0 saturated heterocycles. The van der Waals surface area contributed by atoms with Crippen LogP contribution >= 0.6 is 0 Å². The number of hydrogen-bond donors (Lipinski definition) is 1. The van der Waals surface area contributed by atoms with Crippen molar-refractivity contribution in [3.05, 3.63) is 30.1 Å². The van der Waals surface area contributed by atoms with Crippen LogP contribution in [0.1, 0.15) is 44.6 Å². The lowest BCUT2D eigenvalue weighted by Crippen LogP contribution is -2.53. The summed E-state index contributed by atoms with van der Waals surface area (Å²) in [5.74, 6) is 0.911. The van der Waals surface area contributed by atoms with E-state index in [2.05, 4.69) is 36.0 Å². The van der Waals surface area contributed by atoms with Crippen molar-refractivity contribution in [2.24, 2.45) is 11.7 Å². The molecule has 0 bridgehead atoms. The van der Waals surface area contributed by atoms with Crippen molar-refractivity contribution >= 4 is 0 Å². The van der Waals surface area contributed by atoms with Crippen LogP contribution in [0.4, 0.5) is 0 Å². The number of aromatic nitrogens is 1. The van der Waals surface area contributed by atoms with Gasteiger partial charge < -0.3 is 5.73 Å². The number of rotatable bonds is 5. The minimum Gasteiger partial charge on any atom is -0.329 e. The highest BCUT2D eigenvalue weighted by Crippen LogP contribution is 2.37. The molecule has 0 spiro atoms. The summed E-state index contributed by atoms with van der Waals surface area (Å²) in [6, 6.07) is 4.19. The van der Waals surface area contributed by atoms with Crippen molar-refractivity contribution in [1.29, 1.82) is 0 Å². The molecule has 0 atom stereocenters. The van der Waals surface area contributed by atoms with Crippen molar-refractivity contribution in [2.45, 2.75) is 51.1 Å². The highest BCUT2D eigenvalue weighted by atomic mass is 15.2. The van der Waals surface area contributed by atoms with Crippen LogP contribution in [0.2, 0.25) is 0 Å². The van der Waals surface area contributed by atoms with Gasteiger partial charge in [0.15, 0.2) is 0 Å². The summed E-state index contributed by atoms with van der Waals surface area (Å²) in [5.41, 5.74) is 7.65. The largest absolute Gasteiger partial charge is 0.329 e. The first kappa shape index (κ1) is 14.5. The molecule has 0 radical (unpaired) electrons. The van der Waals surface area contributed by atoms with Crippen LogP contribution in [0.15, 0.2) is 24.5 Å². The molecule has 0 aliphatic heterocycles. The Morgan fingerprint density at radius 1 is 1.32 bits per heavy atom. The molecule has 0 amide bonds. The van der Waals surface area contributed by atoms with Crippen molar-refractivity contribution in [2.75, 3.05) is 13.6 Å². The average molecular weight is 261 g/mol. The molecule has 2 N–H and O–H groups in total. The maximum Gasteiger partial charge on any atom is 0.0332 e. The maximum atomic E-state index is 6.13. The van der Waals surface area contributed by atoms with E-state index >= 15 is 0 Å². The van der Waals surface area contributed by atoms with Crippen LogP contribution in [0, 0.1) is 5.92 Å². The molecule has 1 saturated carbocycles. The van der Waals surface area contributed by atoms with Crippen molar-refractivity contribution in [1.82, 2.24) is 9.88 Å². The Kier molecular flexibility index (Phi) is 4.94. The summed E-state index contributed by atoms with van der Waals surface area (Å²) in [7, 11) is 2.22. The number of nitrogens with two attached hydrogens (primary N) is 1. The van der Waals surface area contributed by atoms with Crippen LogP contribution in [0.25, 0.3) is 0 Å². The summed E-state index contributed by atoms with van der Waals surface area (Å²) >= 11 is 0. The second kappa shape index (κ2) is 6.49. The Balaban J connectivity index is 2.01. The Morgan fingerprint density at radius 2 is 1.95 bits per heavy atom. The zero-order chi connectivity index (χ0) is 13.7.